The maximum atomic E-state index is 12.8. The minimum atomic E-state index is -4.58. The van der Waals surface area contributed by atoms with Gasteiger partial charge in [-0.3, -0.25) is 9.36 Å². The SMILES string of the molecule is CCCCC/C=C/C/C=C/CCCCCCCC(=O)N[C@@H](COP(=O)([O-])OCC[N+](C)(C)C)[C@H](O)/C=C/CCCCCCCCCCCCC. The van der Waals surface area contributed by atoms with Crippen molar-refractivity contribution >= 4 is 13.7 Å². The second-order valence-corrected chi connectivity index (χ2v) is 16.4. The Balaban J connectivity index is 4.53. The number of phosphoric ester groups is 1. The summed E-state index contributed by atoms with van der Waals surface area (Å²) in [6, 6.07) is -0.890. The lowest BCUT2D eigenvalue weighted by atomic mass is 10.0. The van der Waals surface area contributed by atoms with Crippen LogP contribution in [-0.2, 0) is 18.4 Å². The molecule has 0 aromatic rings. The number of carbonyl (C=O) groups is 1. The van der Waals surface area contributed by atoms with E-state index in [2.05, 4.69) is 43.5 Å². The molecule has 0 aliphatic rings. The molecule has 3 atom stereocenters. The summed E-state index contributed by atoms with van der Waals surface area (Å²) in [4.78, 5) is 25.2. The first-order valence-electron chi connectivity index (χ1n) is 20.4. The summed E-state index contributed by atoms with van der Waals surface area (Å²) in [5.41, 5.74) is 0. The first-order valence-corrected chi connectivity index (χ1v) is 21.8. The molecule has 0 radical (unpaired) electrons. The topological polar surface area (TPSA) is 108 Å². The van der Waals surface area contributed by atoms with Crippen LogP contribution in [0.3, 0.4) is 0 Å². The van der Waals surface area contributed by atoms with Gasteiger partial charge < -0.3 is 28.8 Å². The number of quaternary nitrogens is 1. The van der Waals surface area contributed by atoms with Gasteiger partial charge in [0.1, 0.15) is 13.2 Å². The number of rotatable bonds is 36. The molecule has 50 heavy (non-hydrogen) atoms. The average molecular weight is 727 g/mol. The van der Waals surface area contributed by atoms with Crippen LogP contribution < -0.4 is 10.2 Å². The summed E-state index contributed by atoms with van der Waals surface area (Å²) >= 11 is 0. The standard InChI is InChI=1S/C41H79N2O6P/c1-6-8-10-12-14-16-18-20-21-23-25-27-29-31-33-35-41(45)42-39(38-49-50(46,47)48-37-36-43(3,4)5)40(44)34-32-30-28-26-24-22-19-17-15-13-11-9-7-2/h14,16,20-21,32,34,39-40,44H,6-13,15,17-19,22-31,33,35-38H2,1-5H3,(H-,42,45,46,47)/b16-14+,21-20+,34-32+/t39-,40+/m0/s1. The number of allylic oxidation sites excluding steroid dienone is 5. The zero-order chi connectivity index (χ0) is 37.2. The highest BCUT2D eigenvalue weighted by atomic mass is 31.2. The minimum Gasteiger partial charge on any atom is -0.756 e. The lowest BCUT2D eigenvalue weighted by molar-refractivity contribution is -0.870. The molecular weight excluding hydrogens is 647 g/mol. The van der Waals surface area contributed by atoms with Crippen molar-refractivity contribution in [1.29, 1.82) is 0 Å². The molecule has 2 N–H and O–H groups in total. The van der Waals surface area contributed by atoms with Crippen molar-refractivity contribution in [3.05, 3.63) is 36.5 Å². The maximum Gasteiger partial charge on any atom is 0.268 e. The summed E-state index contributed by atoms with van der Waals surface area (Å²) in [6.45, 7) is 4.58. The highest BCUT2D eigenvalue weighted by molar-refractivity contribution is 7.45. The molecule has 1 unspecified atom stereocenters. The van der Waals surface area contributed by atoms with Crippen LogP contribution in [0.4, 0.5) is 0 Å². The summed E-state index contributed by atoms with van der Waals surface area (Å²) in [5.74, 6) is -0.214. The average Bonchev–Trinajstić information content (AvgIpc) is 3.06. The largest absolute Gasteiger partial charge is 0.756 e. The third-order valence-electron chi connectivity index (χ3n) is 8.84. The van der Waals surface area contributed by atoms with Gasteiger partial charge in [0, 0.05) is 6.42 Å². The molecule has 0 aliphatic carbocycles. The van der Waals surface area contributed by atoms with Crippen molar-refractivity contribution in [1.82, 2.24) is 5.32 Å². The third-order valence-corrected chi connectivity index (χ3v) is 9.81. The minimum absolute atomic E-state index is 0.00442. The number of carbonyl (C=O) groups excluding carboxylic acids is 1. The third kappa shape index (κ3) is 35.1. The number of phosphoric acid groups is 1. The van der Waals surface area contributed by atoms with Crippen LogP contribution in [0.15, 0.2) is 36.5 Å². The zero-order valence-corrected chi connectivity index (χ0v) is 34.0. The monoisotopic (exact) mass is 727 g/mol. The van der Waals surface area contributed by atoms with E-state index in [1.807, 2.05) is 27.2 Å². The summed E-state index contributed by atoms with van der Waals surface area (Å²) in [7, 11) is 1.25. The number of nitrogens with one attached hydrogen (secondary N) is 1. The van der Waals surface area contributed by atoms with Gasteiger partial charge in [-0.1, -0.05) is 147 Å². The predicted molar refractivity (Wildman–Crippen MR) is 210 cm³/mol. The summed E-state index contributed by atoms with van der Waals surface area (Å²) in [6.07, 6.45) is 38.9. The van der Waals surface area contributed by atoms with E-state index >= 15 is 0 Å². The van der Waals surface area contributed by atoms with Crippen LogP contribution in [0.5, 0.6) is 0 Å². The first kappa shape index (κ1) is 48.7. The molecule has 0 saturated heterocycles. The van der Waals surface area contributed by atoms with E-state index in [-0.39, 0.29) is 19.1 Å². The van der Waals surface area contributed by atoms with Crippen molar-refractivity contribution < 1.29 is 32.9 Å². The smallest absolute Gasteiger partial charge is 0.268 e. The van der Waals surface area contributed by atoms with Gasteiger partial charge in [-0.25, -0.2) is 0 Å². The van der Waals surface area contributed by atoms with Crippen molar-refractivity contribution in [2.45, 2.75) is 180 Å². The first-order chi connectivity index (χ1) is 24.0. The molecule has 0 bridgehead atoms. The van der Waals surface area contributed by atoms with Gasteiger partial charge in [-0.05, 0) is 51.4 Å². The summed E-state index contributed by atoms with van der Waals surface area (Å²) in [5, 5.41) is 13.7. The Morgan fingerprint density at radius 1 is 0.700 bits per heavy atom. The lowest BCUT2D eigenvalue weighted by Gasteiger charge is -2.29. The molecule has 0 heterocycles. The number of aliphatic hydroxyl groups excluding tert-OH is 1. The Kier molecular flexibility index (Phi) is 32.7. The van der Waals surface area contributed by atoms with E-state index in [1.165, 1.54) is 83.5 Å². The Morgan fingerprint density at radius 2 is 1.16 bits per heavy atom. The maximum absolute atomic E-state index is 12.8. The molecule has 0 aromatic carbocycles. The van der Waals surface area contributed by atoms with Crippen LogP contribution in [0, 0.1) is 0 Å². The van der Waals surface area contributed by atoms with Gasteiger partial charge in [0.2, 0.25) is 5.91 Å². The quantitative estimate of drug-likeness (QED) is 0.0288. The van der Waals surface area contributed by atoms with Crippen LogP contribution in [0.2, 0.25) is 0 Å². The molecule has 8 nitrogen and oxygen atoms in total. The highest BCUT2D eigenvalue weighted by Gasteiger charge is 2.23. The zero-order valence-electron chi connectivity index (χ0n) is 33.1. The van der Waals surface area contributed by atoms with Crippen LogP contribution >= 0.6 is 7.82 Å². The number of amides is 1. The van der Waals surface area contributed by atoms with E-state index in [9.17, 15) is 19.4 Å². The second-order valence-electron chi connectivity index (χ2n) is 15.0. The fourth-order valence-electron chi connectivity index (χ4n) is 5.53. The number of hydrogen-bond acceptors (Lipinski definition) is 6. The van der Waals surface area contributed by atoms with Gasteiger partial charge in [0.25, 0.3) is 7.82 Å². The normalized spacial score (nSPS) is 14.9. The fraction of sp³-hybridized carbons (Fsp3) is 0.829. The Labute approximate surface area is 308 Å². The van der Waals surface area contributed by atoms with E-state index in [1.54, 1.807) is 6.08 Å². The molecule has 0 saturated carbocycles. The number of hydrogen-bond donors (Lipinski definition) is 2. The van der Waals surface area contributed by atoms with E-state index in [0.717, 1.165) is 64.2 Å². The molecule has 294 valence electrons. The fourth-order valence-corrected chi connectivity index (χ4v) is 6.26. The summed E-state index contributed by atoms with van der Waals surface area (Å²) < 4.78 is 23.1. The van der Waals surface area contributed by atoms with Gasteiger partial charge >= 0.3 is 0 Å². The molecule has 0 spiro atoms. The lowest BCUT2D eigenvalue weighted by Crippen LogP contribution is -2.45. The van der Waals surface area contributed by atoms with Crippen molar-refractivity contribution in [3.8, 4) is 0 Å². The van der Waals surface area contributed by atoms with Crippen molar-refractivity contribution in [3.63, 3.8) is 0 Å². The molecule has 0 fully saturated rings. The van der Waals surface area contributed by atoms with Crippen LogP contribution in [-0.4, -0.2) is 68.5 Å². The second kappa shape index (κ2) is 33.5. The van der Waals surface area contributed by atoms with E-state index in [0.29, 0.717) is 17.4 Å². The van der Waals surface area contributed by atoms with E-state index in [4.69, 9.17) is 9.05 Å². The van der Waals surface area contributed by atoms with Gasteiger partial charge in [-0.15, -0.1) is 0 Å². The Morgan fingerprint density at radius 3 is 1.70 bits per heavy atom. The highest BCUT2D eigenvalue weighted by Crippen LogP contribution is 2.38. The molecule has 1 amide bonds. The number of likely N-dealkylation sites (N-methyl/N-ethyl adjacent to an activating group) is 1. The van der Waals surface area contributed by atoms with Gasteiger partial charge in [0.05, 0.1) is 39.9 Å². The van der Waals surface area contributed by atoms with E-state index < -0.39 is 20.0 Å². The Hall–Kier alpha value is -1.28. The van der Waals surface area contributed by atoms with Gasteiger partial charge in [0.15, 0.2) is 0 Å². The van der Waals surface area contributed by atoms with Crippen molar-refractivity contribution in [2.24, 2.45) is 0 Å². The number of aliphatic hydroxyl groups is 1. The van der Waals surface area contributed by atoms with Gasteiger partial charge in [-0.2, -0.15) is 0 Å². The number of nitrogens with zero attached hydrogens (tertiary/aromatic N) is 1. The van der Waals surface area contributed by atoms with Crippen LogP contribution in [0.25, 0.3) is 0 Å². The van der Waals surface area contributed by atoms with Crippen molar-refractivity contribution in [2.75, 3.05) is 40.9 Å². The predicted octanol–water partition coefficient (Wildman–Crippen LogP) is 10.1. The van der Waals surface area contributed by atoms with Crippen LogP contribution in [0.1, 0.15) is 168 Å². The molecule has 0 aromatic heterocycles. The Bertz CT molecular complexity index is 917. The molecule has 9 heteroatoms. The molecule has 0 aliphatic heterocycles. The number of unbranched alkanes of at least 4 members (excludes halogenated alkanes) is 19. The molecular formula is C41H79N2O6P. The molecule has 0 rings (SSSR count).